The number of hydrogen-bond acceptors (Lipinski definition) is 8. The first-order chi connectivity index (χ1) is 18.1. The number of carboxylic acid groups (broad SMARTS) is 1. The molecule has 1 saturated carbocycles. The summed E-state index contributed by atoms with van der Waals surface area (Å²) in [4.78, 5) is 43.9. The first kappa shape index (κ1) is 27.4. The normalized spacial score (nSPS) is 19.5. The van der Waals surface area contributed by atoms with Crippen LogP contribution in [-0.4, -0.2) is 72.9 Å². The van der Waals surface area contributed by atoms with Crippen molar-refractivity contribution in [3.8, 4) is 5.75 Å². The van der Waals surface area contributed by atoms with Crippen LogP contribution in [0, 0.1) is 0 Å². The molecule has 1 aliphatic heterocycles. The molecule has 1 aliphatic carbocycles. The highest BCUT2D eigenvalue weighted by atomic mass is 19.4. The molecule has 4 N–H and O–H groups in total. The number of nitrogens with two attached hydrogens (primary N) is 1. The highest BCUT2D eigenvalue weighted by Gasteiger charge is 2.47. The Labute approximate surface area is 213 Å². The molecule has 2 fully saturated rings. The van der Waals surface area contributed by atoms with Crippen LogP contribution >= 0.6 is 0 Å². The van der Waals surface area contributed by atoms with Gasteiger partial charge in [0.05, 0.1) is 29.0 Å². The van der Waals surface area contributed by atoms with E-state index in [0.717, 1.165) is 22.1 Å². The van der Waals surface area contributed by atoms with Gasteiger partial charge in [0.15, 0.2) is 11.5 Å². The number of nitrogens with zero attached hydrogens (tertiary/aromatic N) is 5. The van der Waals surface area contributed by atoms with Crippen LogP contribution in [-0.2, 0) is 15.8 Å². The summed E-state index contributed by atoms with van der Waals surface area (Å²) in [6, 6.07) is 1.43. The average molecular weight is 561 g/mol. The lowest BCUT2D eigenvalue weighted by Gasteiger charge is -2.39. The van der Waals surface area contributed by atoms with Crippen molar-refractivity contribution < 1.29 is 50.6 Å². The molecule has 0 spiro atoms. The number of rotatable bonds is 4. The number of carbonyl (C=O) groups excluding carboxylic acids is 2. The van der Waals surface area contributed by atoms with Gasteiger partial charge in [-0.3, -0.25) is 24.7 Å². The van der Waals surface area contributed by atoms with Gasteiger partial charge in [0.2, 0.25) is 0 Å². The first-order valence-electron chi connectivity index (χ1n) is 10.9. The van der Waals surface area contributed by atoms with Gasteiger partial charge in [0.25, 0.3) is 5.91 Å². The predicted octanol–water partition coefficient (Wildman–Crippen LogP) is 2.97. The Bertz CT molecular complexity index is 1420. The summed E-state index contributed by atoms with van der Waals surface area (Å²) in [7, 11) is 0. The standard InChI is InChI=1S/C19H16F3N7O3.C2HF3O2/c20-19(21,22)9-1-11(6-24-5-9)28-8-15(30)29(18(28)31)10-2-12(3-10)32-13-4-14-16(23)26-27-17(14)25-7-13;3-2(4,5)1(6)7/h1,4-7,10,12H,2-3,8H2,(H3,23,25,26,27);(H,6,7)/t10-,12-;. The van der Waals surface area contributed by atoms with Crippen LogP contribution < -0.4 is 15.4 Å². The summed E-state index contributed by atoms with van der Waals surface area (Å²) in [5.74, 6) is -2.47. The lowest BCUT2D eigenvalue weighted by molar-refractivity contribution is -0.192. The van der Waals surface area contributed by atoms with E-state index in [1.54, 1.807) is 6.07 Å². The summed E-state index contributed by atoms with van der Waals surface area (Å²) < 4.78 is 76.5. The Morgan fingerprint density at radius 3 is 2.38 bits per heavy atom. The largest absolute Gasteiger partial charge is 0.490 e. The molecule has 18 heteroatoms. The minimum absolute atomic E-state index is 0.0788. The van der Waals surface area contributed by atoms with Crippen molar-refractivity contribution in [3.63, 3.8) is 0 Å². The van der Waals surface area contributed by atoms with Gasteiger partial charge < -0.3 is 15.6 Å². The highest BCUT2D eigenvalue weighted by molar-refractivity contribution is 6.12. The minimum atomic E-state index is -5.08. The molecule has 4 heterocycles. The van der Waals surface area contributed by atoms with Gasteiger partial charge in [0.1, 0.15) is 18.4 Å². The highest BCUT2D eigenvalue weighted by Crippen LogP contribution is 2.36. The number of anilines is 2. The van der Waals surface area contributed by atoms with Gasteiger partial charge in [-0.1, -0.05) is 0 Å². The number of urea groups is 1. The number of amides is 3. The Morgan fingerprint density at radius 2 is 1.77 bits per heavy atom. The Kier molecular flexibility index (Phi) is 6.96. The van der Waals surface area contributed by atoms with E-state index in [9.17, 15) is 35.9 Å². The van der Waals surface area contributed by atoms with E-state index in [4.69, 9.17) is 20.4 Å². The van der Waals surface area contributed by atoms with E-state index in [1.807, 2.05) is 0 Å². The molecule has 3 amide bonds. The maximum absolute atomic E-state index is 13.0. The molecule has 0 atom stereocenters. The van der Waals surface area contributed by atoms with Crippen molar-refractivity contribution in [2.75, 3.05) is 17.2 Å². The predicted molar refractivity (Wildman–Crippen MR) is 118 cm³/mol. The van der Waals surface area contributed by atoms with Crippen LogP contribution in [0.4, 0.5) is 42.6 Å². The van der Waals surface area contributed by atoms with Crippen LogP contribution in [0.15, 0.2) is 30.7 Å². The zero-order valence-electron chi connectivity index (χ0n) is 19.3. The quantitative estimate of drug-likeness (QED) is 0.320. The molecule has 0 radical (unpaired) electrons. The fourth-order valence-electron chi connectivity index (χ4n) is 3.81. The van der Waals surface area contributed by atoms with Crippen LogP contribution in [0.3, 0.4) is 0 Å². The summed E-state index contributed by atoms with van der Waals surface area (Å²) >= 11 is 0. The van der Waals surface area contributed by atoms with Crippen molar-refractivity contribution in [2.24, 2.45) is 0 Å². The second kappa shape index (κ2) is 9.91. The second-order valence-corrected chi connectivity index (χ2v) is 8.41. The summed E-state index contributed by atoms with van der Waals surface area (Å²) in [6.07, 6.45) is -5.84. The van der Waals surface area contributed by atoms with Crippen LogP contribution in [0.2, 0.25) is 0 Å². The van der Waals surface area contributed by atoms with Crippen LogP contribution in [0.5, 0.6) is 5.75 Å². The number of halogens is 6. The van der Waals surface area contributed by atoms with E-state index < -0.39 is 41.9 Å². The van der Waals surface area contributed by atoms with Crippen molar-refractivity contribution in [1.82, 2.24) is 25.1 Å². The number of pyridine rings is 2. The average Bonchev–Trinajstić information content (AvgIpc) is 3.34. The number of carboxylic acids is 1. The van der Waals surface area contributed by atoms with Gasteiger partial charge >= 0.3 is 24.4 Å². The third-order valence-electron chi connectivity index (χ3n) is 5.76. The Morgan fingerprint density at radius 1 is 1.10 bits per heavy atom. The molecular formula is C21H17F6N7O5. The fourth-order valence-corrected chi connectivity index (χ4v) is 3.81. The van der Waals surface area contributed by atoms with Crippen LogP contribution in [0.1, 0.15) is 18.4 Å². The second-order valence-electron chi connectivity index (χ2n) is 8.41. The molecule has 39 heavy (non-hydrogen) atoms. The molecule has 1 saturated heterocycles. The smallest absolute Gasteiger partial charge is 0.489 e. The molecule has 208 valence electrons. The molecule has 0 aromatic carbocycles. The molecule has 3 aromatic heterocycles. The van der Waals surface area contributed by atoms with E-state index >= 15 is 0 Å². The number of aromatic amines is 1. The monoisotopic (exact) mass is 561 g/mol. The third-order valence-corrected chi connectivity index (χ3v) is 5.76. The number of nitrogen functional groups attached to an aromatic ring is 1. The molecule has 3 aromatic rings. The van der Waals surface area contributed by atoms with E-state index in [1.165, 1.54) is 6.20 Å². The van der Waals surface area contributed by atoms with Gasteiger partial charge in [0, 0.05) is 25.1 Å². The summed E-state index contributed by atoms with van der Waals surface area (Å²) in [6.45, 7) is -0.343. The lowest BCUT2D eigenvalue weighted by atomic mass is 9.88. The SMILES string of the molecule is Nc1n[nH]c2ncc(O[C@H]3C[C@H](N4C(=O)CN(c5cncc(C(F)(F)F)c5)C4=O)C3)cc12.O=C(O)C(F)(F)F. The number of aromatic nitrogens is 4. The lowest BCUT2D eigenvalue weighted by Crippen LogP contribution is -2.52. The number of nitrogens with one attached hydrogen (secondary N) is 1. The number of fused-ring (bicyclic) bond motifs is 1. The third kappa shape index (κ3) is 5.78. The maximum Gasteiger partial charge on any atom is 0.490 e. The Hall–Kier alpha value is -4.64. The Balaban J connectivity index is 0.000000448. The molecule has 0 unspecified atom stereocenters. The van der Waals surface area contributed by atoms with Gasteiger partial charge in [-0.25, -0.2) is 14.6 Å². The van der Waals surface area contributed by atoms with Gasteiger partial charge in [-0.15, -0.1) is 0 Å². The van der Waals surface area contributed by atoms with Gasteiger partial charge in [-0.2, -0.15) is 31.4 Å². The van der Waals surface area contributed by atoms with E-state index in [0.29, 0.717) is 41.6 Å². The van der Waals surface area contributed by atoms with E-state index in [2.05, 4.69) is 20.2 Å². The fraction of sp³-hybridized carbons (Fsp3) is 0.333. The number of H-pyrrole nitrogens is 1. The van der Waals surface area contributed by atoms with Crippen molar-refractivity contribution in [3.05, 3.63) is 36.3 Å². The number of carbonyl (C=O) groups is 3. The summed E-state index contributed by atoms with van der Waals surface area (Å²) in [5, 5.41) is 14.3. The van der Waals surface area contributed by atoms with Crippen LogP contribution in [0.25, 0.3) is 11.0 Å². The topological polar surface area (TPSA) is 168 Å². The van der Waals surface area contributed by atoms with E-state index in [-0.39, 0.29) is 18.3 Å². The molecule has 0 bridgehead atoms. The van der Waals surface area contributed by atoms with Crippen molar-refractivity contribution >= 4 is 40.4 Å². The first-order valence-corrected chi connectivity index (χ1v) is 10.9. The maximum atomic E-state index is 13.0. The number of hydrogen-bond donors (Lipinski definition) is 3. The molecule has 12 nitrogen and oxygen atoms in total. The summed E-state index contributed by atoms with van der Waals surface area (Å²) in [5.41, 5.74) is 5.22. The van der Waals surface area contributed by atoms with Crippen molar-refractivity contribution in [1.29, 1.82) is 0 Å². The minimum Gasteiger partial charge on any atom is -0.489 e. The number of ether oxygens (including phenoxy) is 1. The van der Waals surface area contributed by atoms with Gasteiger partial charge in [-0.05, 0) is 12.1 Å². The molecule has 2 aliphatic rings. The zero-order chi connectivity index (χ0) is 28.7. The molecule has 5 rings (SSSR count). The number of alkyl halides is 6. The zero-order valence-corrected chi connectivity index (χ0v) is 19.3. The number of aliphatic carboxylic acids is 1. The molecular weight excluding hydrogens is 544 g/mol. The van der Waals surface area contributed by atoms with Crippen molar-refractivity contribution in [2.45, 2.75) is 37.3 Å². The number of imide groups is 1.